The molecule has 3 N–H and O–H groups in total. The fourth-order valence-corrected chi connectivity index (χ4v) is 8.03. The molecule has 48 heavy (non-hydrogen) atoms. The highest BCUT2D eigenvalue weighted by Gasteiger charge is 2.35. The molecule has 0 spiro atoms. The van der Waals surface area contributed by atoms with Crippen LogP contribution in [-0.2, 0) is 10.0 Å². The third kappa shape index (κ3) is 7.23. The monoisotopic (exact) mass is 693 g/mol. The van der Waals surface area contributed by atoms with E-state index in [9.17, 15) is 8.42 Å². The molecule has 0 bridgehead atoms. The first-order valence-electron chi connectivity index (χ1n) is 16.6. The van der Waals surface area contributed by atoms with Gasteiger partial charge in [-0.2, -0.15) is 0 Å². The summed E-state index contributed by atoms with van der Waals surface area (Å²) in [6.07, 6.45) is 4.01. The maximum Gasteiger partial charge on any atom is 0.235 e. The molecule has 0 amide bonds. The van der Waals surface area contributed by atoms with Crippen LogP contribution in [0.1, 0.15) is 19.3 Å². The van der Waals surface area contributed by atoms with Crippen LogP contribution in [0.4, 0.5) is 17.2 Å². The number of rotatable bonds is 11. The van der Waals surface area contributed by atoms with Gasteiger partial charge in [-0.3, -0.25) is 4.72 Å². The molecule has 0 unspecified atom stereocenters. The summed E-state index contributed by atoms with van der Waals surface area (Å²) >= 11 is 5.74. The van der Waals surface area contributed by atoms with Crippen molar-refractivity contribution in [3.63, 3.8) is 0 Å². The van der Waals surface area contributed by atoms with Gasteiger partial charge in [-0.1, -0.05) is 0 Å². The van der Waals surface area contributed by atoms with Crippen molar-refractivity contribution in [1.29, 1.82) is 0 Å². The van der Waals surface area contributed by atoms with Gasteiger partial charge in [-0.05, 0) is 68.9 Å². The van der Waals surface area contributed by atoms with Crippen LogP contribution < -0.4 is 24.4 Å². The van der Waals surface area contributed by atoms with Crippen molar-refractivity contribution in [2.24, 2.45) is 0 Å². The van der Waals surface area contributed by atoms with E-state index in [1.54, 1.807) is 25.6 Å². The van der Waals surface area contributed by atoms with Crippen molar-refractivity contribution in [3.8, 4) is 11.5 Å². The second kappa shape index (κ2) is 13.9. The van der Waals surface area contributed by atoms with Crippen LogP contribution in [0.25, 0.3) is 21.9 Å². The molecule has 2 aromatic carbocycles. The molecule has 3 aliphatic rings. The van der Waals surface area contributed by atoms with Crippen LogP contribution in [0.5, 0.6) is 11.5 Å². The Bertz CT molecular complexity index is 1870. The number of anilines is 3. The van der Waals surface area contributed by atoms with Crippen molar-refractivity contribution in [2.75, 3.05) is 94.6 Å². The molecule has 0 atom stereocenters. The van der Waals surface area contributed by atoms with Gasteiger partial charge in [0, 0.05) is 81.7 Å². The molecule has 256 valence electrons. The Morgan fingerprint density at radius 1 is 0.979 bits per heavy atom. The molecule has 7 rings (SSSR count). The number of nitrogens with zero attached hydrogens (tertiary/aromatic N) is 6. The fourth-order valence-electron chi connectivity index (χ4n) is 6.34. The number of H-pyrrole nitrogens is 1. The van der Waals surface area contributed by atoms with Crippen LogP contribution in [-0.4, -0.2) is 128 Å². The standard InChI is InChI=1S/C33H43N9O4S2/c1-39-11-13-40(14-12-39)10-3-19-46-29-21-27-26(20-28(29)45-2)30-31(37-27)34-22-35-32(30)41-15-17-42(18-16-41)33(47)36-23-4-6-24(7-5-23)38-48(43,44)25-8-9-25/h4-7,20-22,25,38H,3,8-19H2,1-2H3,(H,36,47)(H,34,35,37). The van der Waals surface area contributed by atoms with E-state index in [2.05, 4.69) is 46.7 Å². The number of fused-ring (bicyclic) bond motifs is 3. The zero-order valence-electron chi connectivity index (χ0n) is 27.4. The minimum atomic E-state index is -3.29. The minimum Gasteiger partial charge on any atom is -0.493 e. The van der Waals surface area contributed by atoms with Gasteiger partial charge < -0.3 is 39.4 Å². The third-order valence-electron chi connectivity index (χ3n) is 9.35. The highest BCUT2D eigenvalue weighted by Crippen LogP contribution is 2.38. The Labute approximate surface area is 286 Å². The van der Waals surface area contributed by atoms with Gasteiger partial charge in [0.1, 0.15) is 17.8 Å². The van der Waals surface area contributed by atoms with E-state index in [0.29, 0.717) is 42.0 Å². The number of sulfonamides is 1. The molecule has 2 aromatic heterocycles. The molecule has 4 heterocycles. The number of hydrogen-bond donors (Lipinski definition) is 3. The summed E-state index contributed by atoms with van der Waals surface area (Å²) in [6, 6.07) is 11.2. The summed E-state index contributed by atoms with van der Waals surface area (Å²) in [4.78, 5) is 22.0. The summed E-state index contributed by atoms with van der Waals surface area (Å²) in [7, 11) is 0.554. The number of ether oxygens (including phenoxy) is 2. The van der Waals surface area contributed by atoms with Gasteiger partial charge in [0.05, 0.1) is 29.9 Å². The molecule has 4 aromatic rings. The summed E-state index contributed by atoms with van der Waals surface area (Å²) in [5.41, 5.74) is 3.06. The van der Waals surface area contributed by atoms with Gasteiger partial charge >= 0.3 is 0 Å². The van der Waals surface area contributed by atoms with E-state index in [4.69, 9.17) is 26.7 Å². The lowest BCUT2D eigenvalue weighted by molar-refractivity contribution is 0.145. The Hall–Kier alpha value is -3.92. The molecule has 2 aliphatic heterocycles. The zero-order chi connectivity index (χ0) is 33.3. The quantitative estimate of drug-likeness (QED) is 0.157. The lowest BCUT2D eigenvalue weighted by Crippen LogP contribution is -2.50. The van der Waals surface area contributed by atoms with E-state index in [0.717, 1.165) is 98.5 Å². The third-order valence-corrected chi connectivity index (χ3v) is 11.6. The number of aromatic nitrogens is 3. The largest absolute Gasteiger partial charge is 0.493 e. The summed E-state index contributed by atoms with van der Waals surface area (Å²) < 4.78 is 39.1. The molecular weight excluding hydrogens is 651 g/mol. The Morgan fingerprint density at radius 2 is 1.71 bits per heavy atom. The maximum absolute atomic E-state index is 12.2. The van der Waals surface area contributed by atoms with Crippen LogP contribution in [0, 0.1) is 0 Å². The minimum absolute atomic E-state index is 0.265. The molecular formula is C33H43N9O4S2. The molecule has 1 saturated carbocycles. The molecule has 2 saturated heterocycles. The predicted molar refractivity (Wildman–Crippen MR) is 194 cm³/mol. The van der Waals surface area contributed by atoms with Crippen molar-refractivity contribution in [2.45, 2.75) is 24.5 Å². The second-order valence-corrected chi connectivity index (χ2v) is 15.1. The predicted octanol–water partition coefficient (Wildman–Crippen LogP) is 3.56. The van der Waals surface area contributed by atoms with Gasteiger partial charge in [0.2, 0.25) is 10.0 Å². The highest BCUT2D eigenvalue weighted by molar-refractivity contribution is 7.93. The summed E-state index contributed by atoms with van der Waals surface area (Å²) in [5.74, 6) is 2.28. The van der Waals surface area contributed by atoms with E-state index in [1.807, 2.05) is 24.3 Å². The average Bonchev–Trinajstić information content (AvgIpc) is 3.90. The number of benzene rings is 2. The molecule has 13 nitrogen and oxygen atoms in total. The first-order valence-corrected chi connectivity index (χ1v) is 18.5. The highest BCUT2D eigenvalue weighted by atomic mass is 32.2. The SMILES string of the molecule is COc1cc2c(cc1OCCCN1CCN(C)CC1)[nH]c1ncnc(N3CCN(C(=S)Nc4ccc(NS(=O)(=O)C5CC5)cc4)CC3)c12. The van der Waals surface area contributed by atoms with Crippen molar-refractivity contribution in [3.05, 3.63) is 42.7 Å². The van der Waals surface area contributed by atoms with E-state index >= 15 is 0 Å². The Kier molecular flexibility index (Phi) is 9.45. The van der Waals surface area contributed by atoms with Crippen LogP contribution in [0.15, 0.2) is 42.7 Å². The van der Waals surface area contributed by atoms with Crippen LogP contribution in [0.3, 0.4) is 0 Å². The van der Waals surface area contributed by atoms with Gasteiger partial charge in [0.25, 0.3) is 0 Å². The Morgan fingerprint density at radius 3 is 2.42 bits per heavy atom. The lowest BCUT2D eigenvalue weighted by Gasteiger charge is -2.37. The first-order chi connectivity index (χ1) is 23.3. The average molecular weight is 694 g/mol. The van der Waals surface area contributed by atoms with Gasteiger partial charge in [0.15, 0.2) is 16.6 Å². The number of likely N-dealkylation sites (N-methyl/N-ethyl adjacent to an activating group) is 1. The topological polar surface area (TPSA) is 131 Å². The number of aromatic amines is 1. The number of nitrogens with one attached hydrogen (secondary N) is 3. The lowest BCUT2D eigenvalue weighted by atomic mass is 10.1. The molecule has 1 aliphatic carbocycles. The number of thiocarbonyl (C=S) groups is 1. The fraction of sp³-hybridized carbons (Fsp3) is 0.485. The van der Waals surface area contributed by atoms with E-state index < -0.39 is 10.0 Å². The van der Waals surface area contributed by atoms with Crippen LogP contribution in [0.2, 0.25) is 0 Å². The number of piperazine rings is 2. The molecule has 0 radical (unpaired) electrons. The normalized spacial score (nSPS) is 18.0. The zero-order valence-corrected chi connectivity index (χ0v) is 29.1. The maximum atomic E-state index is 12.2. The number of hydrogen-bond acceptors (Lipinski definition) is 10. The van der Waals surface area contributed by atoms with Gasteiger partial charge in [-0.15, -0.1) is 0 Å². The summed E-state index contributed by atoms with van der Waals surface area (Å²) in [6.45, 7) is 8.97. The second-order valence-electron chi connectivity index (χ2n) is 12.8. The summed E-state index contributed by atoms with van der Waals surface area (Å²) in [5, 5.41) is 5.61. The van der Waals surface area contributed by atoms with Crippen molar-refractivity contribution < 1.29 is 17.9 Å². The van der Waals surface area contributed by atoms with Crippen LogP contribution >= 0.6 is 12.2 Å². The Balaban J connectivity index is 0.977. The van der Waals surface area contributed by atoms with Gasteiger partial charge in [-0.25, -0.2) is 18.4 Å². The van der Waals surface area contributed by atoms with E-state index in [1.165, 1.54) is 0 Å². The first kappa shape index (κ1) is 32.6. The molecule has 15 heteroatoms. The van der Waals surface area contributed by atoms with Crippen molar-refractivity contribution in [1.82, 2.24) is 29.7 Å². The number of methoxy groups -OCH3 is 1. The van der Waals surface area contributed by atoms with E-state index in [-0.39, 0.29) is 5.25 Å². The smallest absolute Gasteiger partial charge is 0.235 e. The van der Waals surface area contributed by atoms with Crippen molar-refractivity contribution >= 4 is 66.5 Å². The molecule has 3 fully saturated rings.